The van der Waals surface area contributed by atoms with Gasteiger partial charge in [-0.2, -0.15) is 0 Å². The third kappa shape index (κ3) is 2.59. The van der Waals surface area contributed by atoms with E-state index in [9.17, 15) is 9.59 Å². The van der Waals surface area contributed by atoms with Gasteiger partial charge in [0.1, 0.15) is 5.56 Å². The molecule has 2 aromatic heterocycles. The van der Waals surface area contributed by atoms with Gasteiger partial charge in [0.15, 0.2) is 5.43 Å². The number of aromatic nitrogens is 2. The van der Waals surface area contributed by atoms with E-state index in [1.807, 2.05) is 6.92 Å². The quantitative estimate of drug-likeness (QED) is 0.854. The number of aromatic amines is 1. The fourth-order valence-corrected chi connectivity index (χ4v) is 2.06. The molecule has 0 aliphatic carbocycles. The lowest BCUT2D eigenvalue weighted by molar-refractivity contribution is 0.0950. The van der Waals surface area contributed by atoms with Crippen molar-refractivity contribution in [1.29, 1.82) is 0 Å². The molecule has 17 heavy (non-hydrogen) atoms. The Bertz CT molecular complexity index is 588. The highest BCUT2D eigenvalue weighted by molar-refractivity contribution is 7.09. The lowest BCUT2D eigenvalue weighted by atomic mass is 10.2. The summed E-state index contributed by atoms with van der Waals surface area (Å²) in [6.45, 7) is 2.27. The van der Waals surface area contributed by atoms with E-state index in [2.05, 4.69) is 15.3 Å². The molecule has 2 heterocycles. The molecule has 0 aliphatic heterocycles. The van der Waals surface area contributed by atoms with Crippen molar-refractivity contribution >= 4 is 17.2 Å². The van der Waals surface area contributed by atoms with E-state index in [4.69, 9.17) is 0 Å². The lowest BCUT2D eigenvalue weighted by Gasteiger charge is -2.03. The summed E-state index contributed by atoms with van der Waals surface area (Å²) in [6, 6.07) is 1.33. The molecular formula is C11H11N3O2S. The number of carbonyl (C=O) groups is 1. The number of thiazole rings is 1. The summed E-state index contributed by atoms with van der Waals surface area (Å²) < 4.78 is 0. The van der Waals surface area contributed by atoms with Gasteiger partial charge in [0.05, 0.1) is 17.7 Å². The zero-order chi connectivity index (χ0) is 12.3. The first-order chi connectivity index (χ1) is 8.18. The highest BCUT2D eigenvalue weighted by Crippen LogP contribution is 2.11. The Balaban J connectivity index is 2.06. The van der Waals surface area contributed by atoms with E-state index in [-0.39, 0.29) is 16.9 Å². The van der Waals surface area contributed by atoms with Crippen LogP contribution < -0.4 is 10.7 Å². The summed E-state index contributed by atoms with van der Waals surface area (Å²) in [4.78, 5) is 30.9. The fraction of sp³-hybridized carbons (Fsp3) is 0.182. The van der Waals surface area contributed by atoms with Crippen LogP contribution in [0.3, 0.4) is 0 Å². The zero-order valence-corrected chi connectivity index (χ0v) is 10.0. The number of pyridine rings is 1. The zero-order valence-electron chi connectivity index (χ0n) is 9.19. The fourth-order valence-electron chi connectivity index (χ4n) is 1.35. The third-order valence-electron chi connectivity index (χ3n) is 2.32. The lowest BCUT2D eigenvalue weighted by Crippen LogP contribution is -2.27. The van der Waals surface area contributed by atoms with E-state index in [0.717, 1.165) is 10.6 Å². The van der Waals surface area contributed by atoms with Gasteiger partial charge >= 0.3 is 0 Å². The van der Waals surface area contributed by atoms with Crippen molar-refractivity contribution in [3.8, 4) is 0 Å². The van der Waals surface area contributed by atoms with Crippen LogP contribution in [0, 0.1) is 6.92 Å². The van der Waals surface area contributed by atoms with Crippen LogP contribution in [0.5, 0.6) is 0 Å². The number of rotatable bonds is 3. The van der Waals surface area contributed by atoms with Gasteiger partial charge in [-0.3, -0.25) is 9.59 Å². The molecule has 2 N–H and O–H groups in total. The molecule has 5 nitrogen and oxygen atoms in total. The minimum Gasteiger partial charge on any atom is -0.367 e. The third-order valence-corrected chi connectivity index (χ3v) is 3.26. The summed E-state index contributed by atoms with van der Waals surface area (Å²) in [6.07, 6.45) is 2.89. The predicted molar refractivity (Wildman–Crippen MR) is 65.1 cm³/mol. The number of nitrogens with zero attached hydrogens (tertiary/aromatic N) is 1. The van der Waals surface area contributed by atoms with Gasteiger partial charge in [0, 0.05) is 23.3 Å². The molecule has 0 radical (unpaired) electrons. The van der Waals surface area contributed by atoms with Gasteiger partial charge in [-0.25, -0.2) is 4.98 Å². The first kappa shape index (κ1) is 11.5. The Morgan fingerprint density at radius 2 is 2.41 bits per heavy atom. The van der Waals surface area contributed by atoms with Crippen LogP contribution in [0.4, 0.5) is 0 Å². The number of carbonyl (C=O) groups excluding carboxylic acids is 1. The first-order valence-electron chi connectivity index (χ1n) is 5.03. The molecule has 2 rings (SSSR count). The molecule has 0 unspecified atom stereocenters. The van der Waals surface area contributed by atoms with Crippen LogP contribution in [-0.2, 0) is 6.54 Å². The Morgan fingerprint density at radius 1 is 1.59 bits per heavy atom. The number of hydrogen-bond acceptors (Lipinski definition) is 4. The van der Waals surface area contributed by atoms with Crippen molar-refractivity contribution < 1.29 is 4.79 Å². The highest BCUT2D eigenvalue weighted by Gasteiger charge is 2.10. The molecule has 0 saturated carbocycles. The minimum atomic E-state index is -0.375. The molecule has 0 saturated heterocycles. The molecule has 88 valence electrons. The van der Waals surface area contributed by atoms with Gasteiger partial charge < -0.3 is 10.3 Å². The summed E-state index contributed by atoms with van der Waals surface area (Å²) in [5, 5.41) is 2.69. The summed E-state index contributed by atoms with van der Waals surface area (Å²) in [5.41, 5.74) is 2.46. The van der Waals surface area contributed by atoms with Gasteiger partial charge in [-0.15, -0.1) is 11.3 Å². The van der Waals surface area contributed by atoms with Gasteiger partial charge in [0.25, 0.3) is 5.91 Å². The molecule has 0 bridgehead atoms. The number of hydrogen-bond donors (Lipinski definition) is 2. The number of nitrogens with one attached hydrogen (secondary N) is 2. The average Bonchev–Trinajstić information content (AvgIpc) is 2.72. The summed E-state index contributed by atoms with van der Waals surface area (Å²) >= 11 is 1.48. The SMILES string of the molecule is Cc1ncsc1CNC(=O)c1c[nH]ccc1=O. The van der Waals surface area contributed by atoms with E-state index >= 15 is 0 Å². The molecule has 0 aliphatic rings. The summed E-state index contributed by atoms with van der Waals surface area (Å²) in [5.74, 6) is -0.375. The monoisotopic (exact) mass is 249 g/mol. The molecule has 6 heteroatoms. The molecule has 0 aromatic carbocycles. The molecule has 1 amide bonds. The van der Waals surface area contributed by atoms with Crippen LogP contribution in [0.25, 0.3) is 0 Å². The molecule has 0 fully saturated rings. The van der Waals surface area contributed by atoms with Crippen molar-refractivity contribution in [3.63, 3.8) is 0 Å². The average molecular weight is 249 g/mol. The maximum absolute atomic E-state index is 11.7. The standard InChI is InChI=1S/C11H11N3O2S/c1-7-10(17-6-14-7)5-13-11(16)8-4-12-3-2-9(8)15/h2-4,6H,5H2,1H3,(H,12,15)(H,13,16). The number of H-pyrrole nitrogens is 1. The van der Waals surface area contributed by atoms with Crippen molar-refractivity contribution in [2.24, 2.45) is 0 Å². The van der Waals surface area contributed by atoms with Crippen molar-refractivity contribution in [2.45, 2.75) is 13.5 Å². The van der Waals surface area contributed by atoms with Gasteiger partial charge in [-0.1, -0.05) is 0 Å². The maximum atomic E-state index is 11.7. The topological polar surface area (TPSA) is 74.8 Å². The van der Waals surface area contributed by atoms with E-state index in [1.165, 1.54) is 29.8 Å². The van der Waals surface area contributed by atoms with Crippen molar-refractivity contribution in [2.75, 3.05) is 0 Å². The largest absolute Gasteiger partial charge is 0.367 e. The number of aryl methyl sites for hydroxylation is 1. The summed E-state index contributed by atoms with van der Waals surface area (Å²) in [7, 11) is 0. The normalized spacial score (nSPS) is 10.2. The second-order valence-corrected chi connectivity index (χ2v) is 4.41. The number of amides is 1. The van der Waals surface area contributed by atoms with Crippen LogP contribution >= 0.6 is 11.3 Å². The first-order valence-corrected chi connectivity index (χ1v) is 5.90. The van der Waals surface area contributed by atoms with E-state index in [1.54, 1.807) is 5.51 Å². The Kier molecular flexibility index (Phi) is 3.34. The smallest absolute Gasteiger partial charge is 0.257 e. The predicted octanol–water partition coefficient (Wildman–Crippen LogP) is 1.07. The van der Waals surface area contributed by atoms with Crippen LogP contribution in [0.1, 0.15) is 20.9 Å². The molecule has 0 spiro atoms. The minimum absolute atomic E-state index is 0.120. The van der Waals surface area contributed by atoms with Gasteiger partial charge in [-0.05, 0) is 6.92 Å². The second-order valence-electron chi connectivity index (χ2n) is 3.47. The van der Waals surface area contributed by atoms with Crippen molar-refractivity contribution in [1.82, 2.24) is 15.3 Å². The van der Waals surface area contributed by atoms with Crippen molar-refractivity contribution in [3.05, 3.63) is 50.3 Å². The van der Waals surface area contributed by atoms with E-state index < -0.39 is 0 Å². The van der Waals surface area contributed by atoms with Crippen LogP contribution in [-0.4, -0.2) is 15.9 Å². The highest BCUT2D eigenvalue weighted by atomic mass is 32.1. The Morgan fingerprint density at radius 3 is 3.06 bits per heavy atom. The van der Waals surface area contributed by atoms with Crippen LogP contribution in [0.15, 0.2) is 28.8 Å². The Hall–Kier alpha value is -1.95. The molecule has 2 aromatic rings. The van der Waals surface area contributed by atoms with Crippen LogP contribution in [0.2, 0.25) is 0 Å². The molecule has 0 atom stereocenters. The maximum Gasteiger partial charge on any atom is 0.257 e. The van der Waals surface area contributed by atoms with E-state index in [0.29, 0.717) is 6.54 Å². The second kappa shape index (κ2) is 4.92. The molecular weight excluding hydrogens is 238 g/mol. The van der Waals surface area contributed by atoms with Gasteiger partial charge in [0.2, 0.25) is 0 Å². The Labute approximate surface area is 102 Å².